The molecule has 1 aromatic heterocycles. The Bertz CT molecular complexity index is 259. The molecule has 0 spiro atoms. The summed E-state index contributed by atoms with van der Waals surface area (Å²) in [6, 6.07) is 2.80. The molecule has 0 amide bonds. The quantitative estimate of drug-likeness (QED) is 0.797. The highest BCUT2D eigenvalue weighted by Gasteiger charge is 2.12. The third kappa shape index (κ3) is 5.95. The Hall–Kier alpha value is -0.340. The minimum Gasteiger partial charge on any atom is -0.310 e. The molecule has 1 aromatic rings. The molecule has 1 atom stereocenters. The summed E-state index contributed by atoms with van der Waals surface area (Å²) in [7, 11) is 0. The van der Waals surface area contributed by atoms with Crippen LogP contribution in [0.5, 0.6) is 0 Å². The molecule has 1 N–H and O–H groups in total. The Morgan fingerprint density at radius 1 is 1.40 bits per heavy atom. The predicted molar refractivity (Wildman–Crippen MR) is 69.3 cm³/mol. The second-order valence-electron chi connectivity index (χ2n) is 5.51. The molecule has 0 saturated heterocycles. The predicted octanol–water partition coefficient (Wildman–Crippen LogP) is 4.05. The first-order chi connectivity index (χ1) is 6.97. The van der Waals surface area contributed by atoms with Crippen molar-refractivity contribution >= 4 is 11.3 Å². The van der Waals surface area contributed by atoms with Gasteiger partial charge in [0, 0.05) is 12.6 Å². The lowest BCUT2D eigenvalue weighted by Crippen LogP contribution is -2.26. The van der Waals surface area contributed by atoms with E-state index < -0.39 is 0 Å². The van der Waals surface area contributed by atoms with E-state index in [1.165, 1.54) is 18.4 Å². The number of rotatable bonds is 5. The van der Waals surface area contributed by atoms with E-state index in [4.69, 9.17) is 0 Å². The van der Waals surface area contributed by atoms with Crippen LogP contribution >= 0.6 is 11.3 Å². The number of thiophene rings is 1. The zero-order chi connectivity index (χ0) is 11.3. The number of hydrogen-bond donors (Lipinski definition) is 1. The monoisotopic (exact) mass is 225 g/mol. The molecule has 0 radical (unpaired) electrons. The van der Waals surface area contributed by atoms with Gasteiger partial charge in [-0.15, -0.1) is 0 Å². The van der Waals surface area contributed by atoms with Crippen LogP contribution in [-0.2, 0) is 6.54 Å². The molecule has 0 aliphatic rings. The first-order valence-electron chi connectivity index (χ1n) is 5.72. The molecule has 0 fully saturated rings. The van der Waals surface area contributed by atoms with Crippen LogP contribution in [0.1, 0.15) is 46.1 Å². The normalized spacial score (nSPS) is 14.1. The lowest BCUT2D eigenvalue weighted by Gasteiger charge is -2.21. The lowest BCUT2D eigenvalue weighted by atomic mass is 9.89. The van der Waals surface area contributed by atoms with Crippen molar-refractivity contribution in [2.24, 2.45) is 5.41 Å². The highest BCUT2D eigenvalue weighted by Crippen LogP contribution is 2.21. The molecule has 1 heterocycles. The van der Waals surface area contributed by atoms with E-state index in [1.54, 1.807) is 11.3 Å². The number of hydrogen-bond acceptors (Lipinski definition) is 2. The Labute approximate surface area is 97.9 Å². The molecule has 0 aromatic carbocycles. The zero-order valence-electron chi connectivity index (χ0n) is 10.3. The molecule has 15 heavy (non-hydrogen) atoms. The van der Waals surface area contributed by atoms with E-state index in [0.29, 0.717) is 11.5 Å². The highest BCUT2D eigenvalue weighted by atomic mass is 32.1. The maximum Gasteiger partial charge on any atom is 0.0216 e. The van der Waals surface area contributed by atoms with Gasteiger partial charge in [-0.1, -0.05) is 20.8 Å². The first-order valence-corrected chi connectivity index (χ1v) is 6.66. The molecular weight excluding hydrogens is 202 g/mol. The summed E-state index contributed by atoms with van der Waals surface area (Å²) in [5, 5.41) is 7.91. The van der Waals surface area contributed by atoms with Crippen molar-refractivity contribution in [1.29, 1.82) is 0 Å². The zero-order valence-corrected chi connectivity index (χ0v) is 11.2. The topological polar surface area (TPSA) is 12.0 Å². The smallest absolute Gasteiger partial charge is 0.0216 e. The summed E-state index contributed by atoms with van der Waals surface area (Å²) in [5.74, 6) is 0. The molecule has 1 nitrogen and oxygen atoms in total. The van der Waals surface area contributed by atoms with Gasteiger partial charge in [-0.2, -0.15) is 11.3 Å². The molecule has 0 bridgehead atoms. The summed E-state index contributed by atoms with van der Waals surface area (Å²) in [6.07, 6.45) is 2.54. The Morgan fingerprint density at radius 2 is 2.13 bits per heavy atom. The van der Waals surface area contributed by atoms with Gasteiger partial charge in [0.15, 0.2) is 0 Å². The van der Waals surface area contributed by atoms with E-state index >= 15 is 0 Å². The third-order valence-electron chi connectivity index (χ3n) is 2.56. The molecule has 0 aliphatic heterocycles. The van der Waals surface area contributed by atoms with Gasteiger partial charge in [-0.25, -0.2) is 0 Å². The summed E-state index contributed by atoms with van der Waals surface area (Å²) in [4.78, 5) is 0. The average Bonchev–Trinajstić information content (AvgIpc) is 2.62. The van der Waals surface area contributed by atoms with Crippen LogP contribution in [0.25, 0.3) is 0 Å². The summed E-state index contributed by atoms with van der Waals surface area (Å²) in [6.45, 7) is 10.2. The van der Waals surface area contributed by atoms with Crippen molar-refractivity contribution in [2.45, 2.75) is 53.1 Å². The van der Waals surface area contributed by atoms with Crippen molar-refractivity contribution in [2.75, 3.05) is 0 Å². The van der Waals surface area contributed by atoms with E-state index in [-0.39, 0.29) is 0 Å². The van der Waals surface area contributed by atoms with Gasteiger partial charge in [0.2, 0.25) is 0 Å². The van der Waals surface area contributed by atoms with Crippen LogP contribution in [0.4, 0.5) is 0 Å². The Kier molecular flexibility index (Phi) is 4.81. The van der Waals surface area contributed by atoms with Crippen LogP contribution in [-0.4, -0.2) is 6.04 Å². The third-order valence-corrected chi connectivity index (χ3v) is 3.29. The highest BCUT2D eigenvalue weighted by molar-refractivity contribution is 7.07. The second-order valence-corrected chi connectivity index (χ2v) is 6.29. The molecular formula is C13H23NS. The molecule has 1 rings (SSSR count). The number of nitrogens with one attached hydrogen (secondary N) is 1. The molecule has 86 valence electrons. The van der Waals surface area contributed by atoms with Gasteiger partial charge < -0.3 is 5.32 Å². The standard InChI is InChI=1S/C13H23NS/c1-11(5-7-13(2,3)4)14-9-12-6-8-15-10-12/h6,8,10-11,14H,5,7,9H2,1-4H3. The van der Waals surface area contributed by atoms with Gasteiger partial charge >= 0.3 is 0 Å². The fourth-order valence-electron chi connectivity index (χ4n) is 1.44. The fourth-order valence-corrected chi connectivity index (χ4v) is 2.11. The molecule has 0 saturated carbocycles. The van der Waals surface area contributed by atoms with Crippen molar-refractivity contribution in [1.82, 2.24) is 5.32 Å². The molecule has 1 unspecified atom stereocenters. The minimum absolute atomic E-state index is 0.457. The van der Waals surface area contributed by atoms with Gasteiger partial charge in [-0.3, -0.25) is 0 Å². The van der Waals surface area contributed by atoms with Crippen LogP contribution in [0.2, 0.25) is 0 Å². The average molecular weight is 225 g/mol. The maximum atomic E-state index is 3.56. The van der Waals surface area contributed by atoms with Crippen molar-refractivity contribution in [3.8, 4) is 0 Å². The van der Waals surface area contributed by atoms with E-state index in [0.717, 1.165) is 6.54 Å². The van der Waals surface area contributed by atoms with E-state index in [2.05, 4.69) is 49.8 Å². The summed E-state index contributed by atoms with van der Waals surface area (Å²) >= 11 is 1.77. The Balaban J connectivity index is 2.16. The van der Waals surface area contributed by atoms with Crippen molar-refractivity contribution in [3.05, 3.63) is 22.4 Å². The SMILES string of the molecule is CC(CCC(C)(C)C)NCc1ccsc1. The van der Waals surface area contributed by atoms with Crippen LogP contribution < -0.4 is 5.32 Å². The summed E-state index contributed by atoms with van der Waals surface area (Å²) < 4.78 is 0. The molecule has 0 aliphatic carbocycles. The van der Waals surface area contributed by atoms with Gasteiger partial charge in [0.1, 0.15) is 0 Å². The second kappa shape index (κ2) is 5.66. The first kappa shape index (κ1) is 12.7. The lowest BCUT2D eigenvalue weighted by molar-refractivity contribution is 0.336. The van der Waals surface area contributed by atoms with Gasteiger partial charge in [0.25, 0.3) is 0 Å². The minimum atomic E-state index is 0.457. The van der Waals surface area contributed by atoms with Gasteiger partial charge in [0.05, 0.1) is 0 Å². The Morgan fingerprint density at radius 3 is 2.67 bits per heavy atom. The largest absolute Gasteiger partial charge is 0.310 e. The summed E-state index contributed by atoms with van der Waals surface area (Å²) in [5.41, 5.74) is 1.86. The fraction of sp³-hybridized carbons (Fsp3) is 0.692. The maximum absolute atomic E-state index is 3.56. The van der Waals surface area contributed by atoms with Crippen LogP contribution in [0.15, 0.2) is 16.8 Å². The molecule has 2 heteroatoms. The van der Waals surface area contributed by atoms with Crippen molar-refractivity contribution < 1.29 is 0 Å². The van der Waals surface area contributed by atoms with Crippen LogP contribution in [0, 0.1) is 5.41 Å². The van der Waals surface area contributed by atoms with Gasteiger partial charge in [-0.05, 0) is 47.6 Å². The van der Waals surface area contributed by atoms with Crippen LogP contribution in [0.3, 0.4) is 0 Å². The van der Waals surface area contributed by atoms with Crippen molar-refractivity contribution in [3.63, 3.8) is 0 Å². The van der Waals surface area contributed by atoms with E-state index in [9.17, 15) is 0 Å². The van der Waals surface area contributed by atoms with E-state index in [1.807, 2.05) is 0 Å².